The molecule has 0 saturated carbocycles. The fourth-order valence-corrected chi connectivity index (χ4v) is 2.36. The smallest absolute Gasteiger partial charge is 0.223 e. The number of nitrogens with one attached hydrogen (secondary N) is 1. The molecular formula is C15H31N3O. The molecule has 4 heteroatoms. The highest BCUT2D eigenvalue weighted by atomic mass is 16.1. The third kappa shape index (κ3) is 5.11. The molecule has 1 rings (SSSR count). The first-order chi connectivity index (χ1) is 8.65. The Kier molecular flexibility index (Phi) is 5.39. The highest BCUT2D eigenvalue weighted by molar-refractivity contribution is 5.78. The summed E-state index contributed by atoms with van der Waals surface area (Å²) in [6.07, 6.45) is 1.93. The molecule has 1 aliphatic rings. The lowest BCUT2D eigenvalue weighted by Gasteiger charge is -2.40. The zero-order chi connectivity index (χ0) is 14.7. The lowest BCUT2D eigenvalue weighted by molar-refractivity contribution is -0.127. The van der Waals surface area contributed by atoms with Gasteiger partial charge in [0, 0.05) is 18.0 Å². The molecule has 0 unspecified atom stereocenters. The van der Waals surface area contributed by atoms with Crippen molar-refractivity contribution in [1.82, 2.24) is 10.2 Å². The summed E-state index contributed by atoms with van der Waals surface area (Å²) in [5, 5.41) is 3.06. The van der Waals surface area contributed by atoms with Crippen LogP contribution in [0.5, 0.6) is 0 Å². The zero-order valence-corrected chi connectivity index (χ0v) is 13.3. The lowest BCUT2D eigenvalue weighted by atomic mass is 9.90. The van der Waals surface area contributed by atoms with Gasteiger partial charge in [-0.15, -0.1) is 0 Å². The first kappa shape index (κ1) is 16.4. The molecule has 1 saturated heterocycles. The Morgan fingerprint density at radius 3 is 2.16 bits per heavy atom. The quantitative estimate of drug-likeness (QED) is 0.815. The fraction of sp³-hybridized carbons (Fsp3) is 0.933. The maximum atomic E-state index is 12.1. The average molecular weight is 269 g/mol. The fourth-order valence-electron chi connectivity index (χ4n) is 2.36. The van der Waals surface area contributed by atoms with E-state index in [0.717, 1.165) is 25.9 Å². The van der Waals surface area contributed by atoms with E-state index in [4.69, 9.17) is 5.73 Å². The molecule has 0 spiro atoms. The van der Waals surface area contributed by atoms with Crippen LogP contribution in [0.4, 0.5) is 0 Å². The van der Waals surface area contributed by atoms with E-state index >= 15 is 0 Å². The van der Waals surface area contributed by atoms with Gasteiger partial charge in [0.05, 0.1) is 0 Å². The first-order valence-electron chi connectivity index (χ1n) is 7.38. The minimum absolute atomic E-state index is 0.0121. The van der Waals surface area contributed by atoms with Crippen molar-refractivity contribution in [3.05, 3.63) is 0 Å². The Bertz CT molecular complexity index is 299. The largest absolute Gasteiger partial charge is 0.355 e. The number of nitrogens with zero attached hydrogens (tertiary/aromatic N) is 1. The van der Waals surface area contributed by atoms with Gasteiger partial charge in [0.1, 0.15) is 0 Å². The zero-order valence-electron chi connectivity index (χ0n) is 13.3. The van der Waals surface area contributed by atoms with Crippen LogP contribution >= 0.6 is 0 Å². The van der Waals surface area contributed by atoms with Gasteiger partial charge < -0.3 is 11.1 Å². The maximum absolute atomic E-state index is 12.1. The first-order valence-corrected chi connectivity index (χ1v) is 7.38. The number of hydrogen-bond acceptors (Lipinski definition) is 3. The number of hydrogen-bond donors (Lipinski definition) is 2. The second kappa shape index (κ2) is 6.23. The molecule has 19 heavy (non-hydrogen) atoms. The summed E-state index contributed by atoms with van der Waals surface area (Å²) in [6.45, 7) is 14.2. The Labute approximate surface area is 118 Å². The molecule has 0 aromatic carbocycles. The van der Waals surface area contributed by atoms with Gasteiger partial charge in [0.25, 0.3) is 0 Å². The van der Waals surface area contributed by atoms with Crippen LogP contribution in [0, 0.1) is 11.3 Å². The molecule has 4 nitrogen and oxygen atoms in total. The van der Waals surface area contributed by atoms with Crippen molar-refractivity contribution in [2.75, 3.05) is 26.2 Å². The Morgan fingerprint density at radius 2 is 1.74 bits per heavy atom. The van der Waals surface area contributed by atoms with Crippen LogP contribution in [-0.2, 0) is 4.79 Å². The number of piperidine rings is 1. The third-order valence-electron chi connectivity index (χ3n) is 4.11. The molecule has 1 fully saturated rings. The van der Waals surface area contributed by atoms with E-state index in [0.29, 0.717) is 13.1 Å². The molecule has 0 aromatic heterocycles. The summed E-state index contributed by atoms with van der Waals surface area (Å²) in [6, 6.07) is 0. The Morgan fingerprint density at radius 1 is 1.21 bits per heavy atom. The predicted molar refractivity (Wildman–Crippen MR) is 79.9 cm³/mol. The molecule has 1 heterocycles. The van der Waals surface area contributed by atoms with Crippen LogP contribution in [-0.4, -0.2) is 42.5 Å². The van der Waals surface area contributed by atoms with Crippen LogP contribution < -0.4 is 11.1 Å². The van der Waals surface area contributed by atoms with Gasteiger partial charge in [-0.1, -0.05) is 13.8 Å². The van der Waals surface area contributed by atoms with Crippen molar-refractivity contribution in [3.63, 3.8) is 0 Å². The summed E-state index contributed by atoms with van der Waals surface area (Å²) in [4.78, 5) is 14.6. The number of nitrogens with two attached hydrogens (primary N) is 1. The number of amides is 1. The molecular weight excluding hydrogens is 238 g/mol. The molecule has 0 atom stereocenters. The summed E-state index contributed by atoms with van der Waals surface area (Å²) in [7, 11) is 0. The van der Waals surface area contributed by atoms with Gasteiger partial charge in [0.15, 0.2) is 0 Å². The van der Waals surface area contributed by atoms with Gasteiger partial charge in [0.2, 0.25) is 5.91 Å². The highest BCUT2D eigenvalue weighted by Gasteiger charge is 2.30. The second-order valence-corrected chi connectivity index (χ2v) is 7.52. The van der Waals surface area contributed by atoms with Gasteiger partial charge in [-0.2, -0.15) is 0 Å². The normalized spacial score (nSPS) is 19.5. The average Bonchev–Trinajstić information content (AvgIpc) is 2.35. The Balaban J connectivity index is 2.37. The topological polar surface area (TPSA) is 58.4 Å². The minimum atomic E-state index is -0.0121. The highest BCUT2D eigenvalue weighted by Crippen LogP contribution is 2.24. The van der Waals surface area contributed by atoms with Crippen molar-refractivity contribution in [2.45, 2.75) is 53.0 Å². The molecule has 0 radical (unpaired) electrons. The van der Waals surface area contributed by atoms with Crippen LogP contribution in [0.2, 0.25) is 0 Å². The van der Waals surface area contributed by atoms with E-state index in [-0.39, 0.29) is 22.8 Å². The molecule has 1 aliphatic heterocycles. The van der Waals surface area contributed by atoms with E-state index < -0.39 is 0 Å². The number of carbonyl (C=O) groups excluding carboxylic acids is 1. The molecule has 112 valence electrons. The minimum Gasteiger partial charge on any atom is -0.355 e. The predicted octanol–water partition coefficient (Wildman–Crippen LogP) is 1.60. The summed E-state index contributed by atoms with van der Waals surface area (Å²) >= 11 is 0. The maximum Gasteiger partial charge on any atom is 0.223 e. The molecule has 0 bridgehead atoms. The summed E-state index contributed by atoms with van der Waals surface area (Å²) in [5.41, 5.74) is 5.88. The third-order valence-corrected chi connectivity index (χ3v) is 4.11. The molecule has 0 aromatic rings. The van der Waals surface area contributed by atoms with Gasteiger partial charge in [-0.3, -0.25) is 9.69 Å². The lowest BCUT2D eigenvalue weighted by Crippen LogP contribution is -2.49. The van der Waals surface area contributed by atoms with Gasteiger partial charge in [-0.05, 0) is 58.7 Å². The van der Waals surface area contributed by atoms with Crippen molar-refractivity contribution in [2.24, 2.45) is 17.1 Å². The summed E-state index contributed by atoms with van der Waals surface area (Å²) in [5.74, 6) is 0.377. The van der Waals surface area contributed by atoms with Crippen molar-refractivity contribution in [3.8, 4) is 0 Å². The van der Waals surface area contributed by atoms with Gasteiger partial charge >= 0.3 is 0 Å². The second-order valence-electron chi connectivity index (χ2n) is 7.52. The van der Waals surface area contributed by atoms with Crippen molar-refractivity contribution < 1.29 is 4.79 Å². The van der Waals surface area contributed by atoms with Crippen LogP contribution in [0.15, 0.2) is 0 Å². The number of likely N-dealkylation sites (tertiary alicyclic amines) is 1. The Hall–Kier alpha value is -0.610. The standard InChI is InChI=1S/C15H31N3O/c1-14(2,3)18-8-6-12(7-9-18)13(19)17-11-15(4,5)10-16/h12H,6-11,16H2,1-5H3,(H,17,19). The SMILES string of the molecule is CC(C)(CN)CNC(=O)C1CCN(C(C)(C)C)CC1. The van der Waals surface area contributed by atoms with Crippen molar-refractivity contribution in [1.29, 1.82) is 0 Å². The van der Waals surface area contributed by atoms with E-state index in [2.05, 4.69) is 44.8 Å². The molecule has 3 N–H and O–H groups in total. The van der Waals surface area contributed by atoms with E-state index in [9.17, 15) is 4.79 Å². The van der Waals surface area contributed by atoms with Gasteiger partial charge in [-0.25, -0.2) is 0 Å². The monoisotopic (exact) mass is 269 g/mol. The van der Waals surface area contributed by atoms with Crippen molar-refractivity contribution >= 4 is 5.91 Å². The molecule has 0 aliphatic carbocycles. The van der Waals surface area contributed by atoms with Crippen LogP contribution in [0.3, 0.4) is 0 Å². The number of rotatable bonds is 4. The molecule has 1 amide bonds. The summed E-state index contributed by atoms with van der Waals surface area (Å²) < 4.78 is 0. The number of carbonyl (C=O) groups is 1. The van der Waals surface area contributed by atoms with E-state index in [1.807, 2.05) is 0 Å². The van der Waals surface area contributed by atoms with Crippen LogP contribution in [0.25, 0.3) is 0 Å². The van der Waals surface area contributed by atoms with E-state index in [1.54, 1.807) is 0 Å². The van der Waals surface area contributed by atoms with Crippen LogP contribution in [0.1, 0.15) is 47.5 Å². The van der Waals surface area contributed by atoms with E-state index in [1.165, 1.54) is 0 Å².